The number of nitrogens with one attached hydrogen (secondary N) is 1. The standard InChI is InChI=1S/C15H28N2O/c1-13(2)11(14(13,3)4)12(18)17-10-15(16)8-6-5-7-9-15/h11H,5-10,16H2,1-4H3,(H,17,18). The molecule has 0 aromatic carbocycles. The second-order valence-electron chi connectivity index (χ2n) is 7.52. The van der Waals surface area contributed by atoms with E-state index in [-0.39, 0.29) is 28.2 Å². The summed E-state index contributed by atoms with van der Waals surface area (Å²) in [6.07, 6.45) is 5.78. The van der Waals surface area contributed by atoms with E-state index in [9.17, 15) is 4.79 Å². The van der Waals surface area contributed by atoms with Gasteiger partial charge in [-0.15, -0.1) is 0 Å². The van der Waals surface area contributed by atoms with Crippen LogP contribution in [-0.4, -0.2) is 18.0 Å². The number of hydrogen-bond donors (Lipinski definition) is 2. The third-order valence-electron chi connectivity index (χ3n) is 5.75. The van der Waals surface area contributed by atoms with Gasteiger partial charge in [0.15, 0.2) is 0 Å². The van der Waals surface area contributed by atoms with Crippen LogP contribution in [0, 0.1) is 16.7 Å². The van der Waals surface area contributed by atoms with Crippen molar-refractivity contribution in [3.63, 3.8) is 0 Å². The summed E-state index contributed by atoms with van der Waals surface area (Å²) in [5, 5.41) is 3.10. The summed E-state index contributed by atoms with van der Waals surface area (Å²) in [6.45, 7) is 9.35. The van der Waals surface area contributed by atoms with Crippen LogP contribution in [0.2, 0.25) is 0 Å². The highest BCUT2D eigenvalue weighted by molar-refractivity contribution is 5.84. The Labute approximate surface area is 111 Å². The zero-order chi connectivity index (χ0) is 13.6. The molecule has 0 radical (unpaired) electrons. The second kappa shape index (κ2) is 4.22. The van der Waals surface area contributed by atoms with E-state index in [1.807, 2.05) is 0 Å². The van der Waals surface area contributed by atoms with E-state index in [4.69, 9.17) is 5.73 Å². The Bertz CT molecular complexity index is 326. The van der Waals surface area contributed by atoms with E-state index >= 15 is 0 Å². The SMILES string of the molecule is CC1(C)C(C(=O)NCC2(N)CCCCC2)C1(C)C. The van der Waals surface area contributed by atoms with Crippen LogP contribution in [0.4, 0.5) is 0 Å². The molecule has 0 spiro atoms. The summed E-state index contributed by atoms with van der Waals surface area (Å²) in [4.78, 5) is 12.3. The summed E-state index contributed by atoms with van der Waals surface area (Å²) in [6, 6.07) is 0. The van der Waals surface area contributed by atoms with Gasteiger partial charge >= 0.3 is 0 Å². The first-order valence-electron chi connectivity index (χ1n) is 7.27. The third kappa shape index (κ3) is 2.18. The maximum atomic E-state index is 12.3. The van der Waals surface area contributed by atoms with Gasteiger partial charge in [-0.3, -0.25) is 4.79 Å². The fourth-order valence-electron chi connectivity index (χ4n) is 3.65. The largest absolute Gasteiger partial charge is 0.354 e. The molecule has 2 aliphatic carbocycles. The molecule has 0 unspecified atom stereocenters. The van der Waals surface area contributed by atoms with Crippen molar-refractivity contribution in [3.05, 3.63) is 0 Å². The fraction of sp³-hybridized carbons (Fsp3) is 0.933. The molecule has 0 heterocycles. The number of rotatable bonds is 3. The second-order valence-corrected chi connectivity index (χ2v) is 7.52. The monoisotopic (exact) mass is 252 g/mol. The van der Waals surface area contributed by atoms with Gasteiger partial charge in [-0.2, -0.15) is 0 Å². The molecule has 3 heteroatoms. The van der Waals surface area contributed by atoms with Gasteiger partial charge in [0.05, 0.1) is 0 Å². The molecule has 2 rings (SSSR count). The molecule has 0 aliphatic heterocycles. The Balaban J connectivity index is 1.86. The maximum Gasteiger partial charge on any atom is 0.224 e. The van der Waals surface area contributed by atoms with E-state index in [0.29, 0.717) is 6.54 Å². The van der Waals surface area contributed by atoms with Gasteiger partial charge in [0, 0.05) is 18.0 Å². The normalized spacial score (nSPS) is 28.7. The molecule has 1 amide bonds. The molecule has 0 aromatic rings. The summed E-state index contributed by atoms with van der Waals surface area (Å²) in [5.74, 6) is 0.331. The lowest BCUT2D eigenvalue weighted by atomic mass is 9.82. The molecular formula is C15H28N2O. The molecule has 3 N–H and O–H groups in total. The smallest absolute Gasteiger partial charge is 0.224 e. The zero-order valence-electron chi connectivity index (χ0n) is 12.3. The van der Waals surface area contributed by atoms with Crippen molar-refractivity contribution in [1.29, 1.82) is 0 Å². The average molecular weight is 252 g/mol. The predicted octanol–water partition coefficient (Wildman–Crippen LogP) is 2.45. The lowest BCUT2D eigenvalue weighted by Gasteiger charge is -2.33. The molecule has 0 atom stereocenters. The fourth-order valence-corrected chi connectivity index (χ4v) is 3.65. The molecule has 3 nitrogen and oxygen atoms in total. The third-order valence-corrected chi connectivity index (χ3v) is 5.75. The van der Waals surface area contributed by atoms with Crippen LogP contribution < -0.4 is 11.1 Å². The average Bonchev–Trinajstić information content (AvgIpc) is 2.68. The molecule has 2 saturated carbocycles. The van der Waals surface area contributed by atoms with Crippen LogP contribution in [0.5, 0.6) is 0 Å². The summed E-state index contributed by atoms with van der Waals surface area (Å²) in [7, 11) is 0. The van der Waals surface area contributed by atoms with Crippen molar-refractivity contribution < 1.29 is 4.79 Å². The highest BCUT2D eigenvalue weighted by atomic mass is 16.2. The molecule has 18 heavy (non-hydrogen) atoms. The minimum Gasteiger partial charge on any atom is -0.354 e. The number of carbonyl (C=O) groups excluding carboxylic acids is 1. The van der Waals surface area contributed by atoms with Gasteiger partial charge in [-0.1, -0.05) is 47.0 Å². The number of hydrogen-bond acceptors (Lipinski definition) is 2. The Hall–Kier alpha value is -0.570. The van der Waals surface area contributed by atoms with Gasteiger partial charge < -0.3 is 11.1 Å². The Morgan fingerprint density at radius 2 is 1.61 bits per heavy atom. The summed E-state index contributed by atoms with van der Waals surface area (Å²) < 4.78 is 0. The van der Waals surface area contributed by atoms with E-state index in [1.54, 1.807) is 0 Å². The number of nitrogens with two attached hydrogens (primary N) is 1. The minimum atomic E-state index is -0.156. The molecule has 2 fully saturated rings. The van der Waals surface area contributed by atoms with Crippen LogP contribution in [0.15, 0.2) is 0 Å². The summed E-state index contributed by atoms with van der Waals surface area (Å²) in [5.41, 5.74) is 6.43. The molecule has 2 aliphatic rings. The Morgan fingerprint density at radius 1 is 1.11 bits per heavy atom. The molecule has 0 aromatic heterocycles. The van der Waals surface area contributed by atoms with Crippen LogP contribution in [0.25, 0.3) is 0 Å². The van der Waals surface area contributed by atoms with Gasteiger partial charge in [0.1, 0.15) is 0 Å². The van der Waals surface area contributed by atoms with E-state index < -0.39 is 0 Å². The van der Waals surface area contributed by atoms with Crippen molar-refractivity contribution in [2.24, 2.45) is 22.5 Å². The first-order valence-corrected chi connectivity index (χ1v) is 7.27. The lowest BCUT2D eigenvalue weighted by Crippen LogP contribution is -2.51. The summed E-state index contributed by atoms with van der Waals surface area (Å²) >= 11 is 0. The van der Waals surface area contributed by atoms with Crippen molar-refractivity contribution in [2.75, 3.05) is 6.54 Å². The first kappa shape index (κ1) is 13.9. The van der Waals surface area contributed by atoms with Crippen molar-refractivity contribution in [2.45, 2.75) is 65.3 Å². The van der Waals surface area contributed by atoms with E-state index in [2.05, 4.69) is 33.0 Å². The lowest BCUT2D eigenvalue weighted by molar-refractivity contribution is -0.123. The minimum absolute atomic E-state index is 0.116. The molecular weight excluding hydrogens is 224 g/mol. The quantitative estimate of drug-likeness (QED) is 0.810. The van der Waals surface area contributed by atoms with Crippen LogP contribution >= 0.6 is 0 Å². The first-order chi connectivity index (χ1) is 8.21. The maximum absolute atomic E-state index is 12.3. The highest BCUT2D eigenvalue weighted by Crippen LogP contribution is 2.68. The van der Waals surface area contributed by atoms with Crippen molar-refractivity contribution >= 4 is 5.91 Å². The van der Waals surface area contributed by atoms with Crippen molar-refractivity contribution in [3.8, 4) is 0 Å². The van der Waals surface area contributed by atoms with Gasteiger partial charge in [-0.25, -0.2) is 0 Å². The van der Waals surface area contributed by atoms with Gasteiger partial charge in [-0.05, 0) is 23.7 Å². The number of carbonyl (C=O) groups is 1. The van der Waals surface area contributed by atoms with Crippen LogP contribution in [0.1, 0.15) is 59.8 Å². The highest BCUT2D eigenvalue weighted by Gasteiger charge is 2.68. The zero-order valence-corrected chi connectivity index (χ0v) is 12.3. The van der Waals surface area contributed by atoms with E-state index in [0.717, 1.165) is 12.8 Å². The Morgan fingerprint density at radius 3 is 2.06 bits per heavy atom. The van der Waals surface area contributed by atoms with Crippen LogP contribution in [0.3, 0.4) is 0 Å². The Kier molecular flexibility index (Phi) is 3.25. The van der Waals surface area contributed by atoms with Gasteiger partial charge in [0.25, 0.3) is 0 Å². The predicted molar refractivity (Wildman–Crippen MR) is 74.1 cm³/mol. The number of amides is 1. The molecule has 0 saturated heterocycles. The molecule has 104 valence electrons. The van der Waals surface area contributed by atoms with Crippen molar-refractivity contribution in [1.82, 2.24) is 5.32 Å². The van der Waals surface area contributed by atoms with E-state index in [1.165, 1.54) is 19.3 Å². The topological polar surface area (TPSA) is 55.1 Å². The molecule has 0 bridgehead atoms. The van der Waals surface area contributed by atoms with Crippen LogP contribution in [-0.2, 0) is 4.79 Å². The van der Waals surface area contributed by atoms with Gasteiger partial charge in [0.2, 0.25) is 5.91 Å².